The smallest absolute Gasteiger partial charge is 0.410 e. The Balaban J connectivity index is 2.57. The van der Waals surface area contributed by atoms with Gasteiger partial charge in [-0.1, -0.05) is 0 Å². The van der Waals surface area contributed by atoms with Gasteiger partial charge in [0.15, 0.2) is 0 Å². The lowest BCUT2D eigenvalue weighted by Gasteiger charge is -2.38. The monoisotopic (exact) mass is 172 g/mol. The Morgan fingerprint density at radius 1 is 1.50 bits per heavy atom. The predicted molar refractivity (Wildman–Crippen MR) is 45.8 cm³/mol. The molecule has 0 aromatic carbocycles. The third-order valence-corrected chi connectivity index (χ3v) is 2.41. The Bertz CT molecular complexity index is 172. The third kappa shape index (κ3) is 1.69. The van der Waals surface area contributed by atoms with E-state index in [-0.39, 0.29) is 12.3 Å². The first-order valence-electron chi connectivity index (χ1n) is 4.21. The van der Waals surface area contributed by atoms with Crippen LogP contribution in [0.2, 0.25) is 0 Å². The van der Waals surface area contributed by atoms with Gasteiger partial charge in [0, 0.05) is 13.1 Å². The Morgan fingerprint density at radius 2 is 2.17 bits per heavy atom. The highest BCUT2D eigenvalue weighted by atomic mass is 16.5. The molecule has 1 saturated heterocycles. The molecular weight excluding hydrogens is 156 g/mol. The van der Waals surface area contributed by atoms with Crippen LogP contribution in [-0.2, 0) is 4.74 Å². The van der Waals surface area contributed by atoms with Crippen LogP contribution >= 0.6 is 0 Å². The highest BCUT2D eigenvalue weighted by Crippen LogP contribution is 2.12. The van der Waals surface area contributed by atoms with Gasteiger partial charge < -0.3 is 4.74 Å². The molecule has 4 heteroatoms. The zero-order valence-electron chi connectivity index (χ0n) is 7.91. The number of methoxy groups -OCH3 is 1. The van der Waals surface area contributed by atoms with Crippen molar-refractivity contribution in [1.29, 1.82) is 0 Å². The highest BCUT2D eigenvalue weighted by Gasteiger charge is 2.26. The van der Waals surface area contributed by atoms with Crippen molar-refractivity contribution in [3.05, 3.63) is 0 Å². The van der Waals surface area contributed by atoms with Crippen molar-refractivity contribution in [1.82, 2.24) is 9.80 Å². The van der Waals surface area contributed by atoms with E-state index in [4.69, 9.17) is 0 Å². The Kier molecular flexibility index (Phi) is 2.92. The summed E-state index contributed by atoms with van der Waals surface area (Å²) < 4.78 is 4.67. The number of hydrogen-bond donors (Lipinski definition) is 0. The van der Waals surface area contributed by atoms with E-state index >= 15 is 0 Å². The second-order valence-corrected chi connectivity index (χ2v) is 3.13. The van der Waals surface area contributed by atoms with Crippen molar-refractivity contribution < 1.29 is 9.53 Å². The molecule has 1 unspecified atom stereocenters. The molecule has 1 amide bonds. The van der Waals surface area contributed by atoms with E-state index in [1.54, 1.807) is 4.90 Å². The van der Waals surface area contributed by atoms with E-state index in [0.29, 0.717) is 0 Å². The number of nitrogens with zero attached hydrogens (tertiary/aromatic N) is 2. The van der Waals surface area contributed by atoms with Crippen LogP contribution in [-0.4, -0.2) is 49.3 Å². The minimum absolute atomic E-state index is 0.159. The minimum Gasteiger partial charge on any atom is -0.453 e. The Labute approximate surface area is 73.1 Å². The SMILES string of the molecule is COC(=O)N1CCCN(C)C1C. The van der Waals surface area contributed by atoms with Crippen LogP contribution in [0.25, 0.3) is 0 Å². The summed E-state index contributed by atoms with van der Waals surface area (Å²) in [5, 5.41) is 0. The van der Waals surface area contributed by atoms with Gasteiger partial charge in [-0.2, -0.15) is 0 Å². The van der Waals surface area contributed by atoms with Gasteiger partial charge in [-0.25, -0.2) is 4.79 Å². The standard InChI is InChI=1S/C8H16N2O2/c1-7-9(2)5-4-6-10(7)8(11)12-3/h7H,4-6H2,1-3H3. The first-order valence-corrected chi connectivity index (χ1v) is 4.21. The summed E-state index contributed by atoms with van der Waals surface area (Å²) in [7, 11) is 3.43. The first-order chi connectivity index (χ1) is 5.66. The molecule has 0 aromatic rings. The predicted octanol–water partition coefficient (Wildman–Crippen LogP) is 0.736. The Hall–Kier alpha value is -0.770. The Morgan fingerprint density at radius 3 is 2.75 bits per heavy atom. The molecule has 70 valence electrons. The van der Waals surface area contributed by atoms with Crippen molar-refractivity contribution >= 4 is 6.09 Å². The molecular formula is C8H16N2O2. The van der Waals surface area contributed by atoms with Crippen LogP contribution in [0.1, 0.15) is 13.3 Å². The summed E-state index contributed by atoms with van der Waals surface area (Å²) >= 11 is 0. The van der Waals surface area contributed by atoms with Crippen LogP contribution in [0.3, 0.4) is 0 Å². The second-order valence-electron chi connectivity index (χ2n) is 3.13. The van der Waals surface area contributed by atoms with Gasteiger partial charge >= 0.3 is 6.09 Å². The fourth-order valence-corrected chi connectivity index (χ4v) is 1.46. The van der Waals surface area contributed by atoms with E-state index in [1.807, 2.05) is 14.0 Å². The van der Waals surface area contributed by atoms with Crippen LogP contribution < -0.4 is 0 Å². The summed E-state index contributed by atoms with van der Waals surface area (Å²) in [5.41, 5.74) is 0. The van der Waals surface area contributed by atoms with Crippen molar-refractivity contribution in [2.75, 3.05) is 27.2 Å². The molecule has 0 bridgehead atoms. The molecule has 0 aromatic heterocycles. The first kappa shape index (κ1) is 9.32. The van der Waals surface area contributed by atoms with Gasteiger partial charge in [0.25, 0.3) is 0 Å². The molecule has 0 N–H and O–H groups in total. The van der Waals surface area contributed by atoms with Gasteiger partial charge in [0.2, 0.25) is 0 Å². The zero-order chi connectivity index (χ0) is 9.14. The molecule has 0 saturated carbocycles. The number of rotatable bonds is 0. The maximum atomic E-state index is 11.2. The summed E-state index contributed by atoms with van der Waals surface area (Å²) in [6, 6.07) is 0. The van der Waals surface area contributed by atoms with Crippen LogP contribution in [0.5, 0.6) is 0 Å². The molecule has 4 nitrogen and oxygen atoms in total. The number of carbonyl (C=O) groups is 1. The number of hydrogen-bond acceptors (Lipinski definition) is 3. The lowest BCUT2D eigenvalue weighted by molar-refractivity contribution is 0.0295. The van der Waals surface area contributed by atoms with E-state index in [9.17, 15) is 4.79 Å². The van der Waals surface area contributed by atoms with Gasteiger partial charge in [-0.3, -0.25) is 9.80 Å². The molecule has 1 heterocycles. The molecule has 12 heavy (non-hydrogen) atoms. The maximum absolute atomic E-state index is 11.2. The van der Waals surface area contributed by atoms with E-state index in [0.717, 1.165) is 19.5 Å². The van der Waals surface area contributed by atoms with Crippen molar-refractivity contribution in [3.63, 3.8) is 0 Å². The zero-order valence-corrected chi connectivity index (χ0v) is 7.91. The third-order valence-electron chi connectivity index (χ3n) is 2.41. The minimum atomic E-state index is -0.228. The lowest BCUT2D eigenvalue weighted by atomic mass is 10.2. The van der Waals surface area contributed by atoms with Gasteiger partial charge in [0.1, 0.15) is 0 Å². The molecule has 0 aliphatic carbocycles. The van der Waals surface area contributed by atoms with E-state index in [1.165, 1.54) is 7.11 Å². The highest BCUT2D eigenvalue weighted by molar-refractivity contribution is 5.67. The summed E-state index contributed by atoms with van der Waals surface area (Å²) in [6.45, 7) is 3.86. The molecule has 1 aliphatic rings. The lowest BCUT2D eigenvalue weighted by Crippen LogP contribution is -2.52. The summed E-state index contributed by atoms with van der Waals surface area (Å²) in [6.07, 6.45) is 0.955. The second kappa shape index (κ2) is 3.76. The molecule has 1 aliphatic heterocycles. The molecule has 1 atom stereocenters. The summed E-state index contributed by atoms with van der Waals surface area (Å²) in [4.78, 5) is 15.1. The van der Waals surface area contributed by atoms with Gasteiger partial charge in [0.05, 0.1) is 13.3 Å². The average Bonchev–Trinajstić information content (AvgIpc) is 2.08. The number of amides is 1. The summed E-state index contributed by atoms with van der Waals surface area (Å²) in [5.74, 6) is 0. The van der Waals surface area contributed by atoms with Crippen molar-refractivity contribution in [2.24, 2.45) is 0 Å². The molecule has 1 fully saturated rings. The molecule has 0 spiro atoms. The van der Waals surface area contributed by atoms with Crippen LogP contribution in [0.4, 0.5) is 4.79 Å². The van der Waals surface area contributed by atoms with E-state index < -0.39 is 0 Å². The normalized spacial score (nSPS) is 25.6. The quantitative estimate of drug-likeness (QED) is 0.540. The van der Waals surface area contributed by atoms with Crippen molar-refractivity contribution in [3.8, 4) is 0 Å². The average molecular weight is 172 g/mol. The largest absolute Gasteiger partial charge is 0.453 e. The van der Waals surface area contributed by atoms with Crippen LogP contribution in [0.15, 0.2) is 0 Å². The number of carbonyl (C=O) groups excluding carboxylic acids is 1. The molecule has 1 rings (SSSR count). The molecule has 0 radical (unpaired) electrons. The maximum Gasteiger partial charge on any atom is 0.410 e. The van der Waals surface area contributed by atoms with Crippen LogP contribution in [0, 0.1) is 0 Å². The van der Waals surface area contributed by atoms with Gasteiger partial charge in [-0.15, -0.1) is 0 Å². The van der Waals surface area contributed by atoms with Crippen molar-refractivity contribution in [2.45, 2.75) is 19.5 Å². The fraction of sp³-hybridized carbons (Fsp3) is 0.875. The van der Waals surface area contributed by atoms with Gasteiger partial charge in [-0.05, 0) is 20.4 Å². The topological polar surface area (TPSA) is 32.8 Å². The number of ether oxygens (including phenoxy) is 1. The van der Waals surface area contributed by atoms with E-state index in [2.05, 4.69) is 9.64 Å². The fourth-order valence-electron chi connectivity index (χ4n) is 1.46.